The van der Waals surface area contributed by atoms with Gasteiger partial charge >= 0.3 is 0 Å². The number of aromatic nitrogens is 1. The molecule has 0 aliphatic carbocycles. The van der Waals surface area contributed by atoms with E-state index in [0.29, 0.717) is 13.1 Å². The van der Waals surface area contributed by atoms with Crippen molar-refractivity contribution >= 4 is 23.7 Å². The predicted molar refractivity (Wildman–Crippen MR) is 113 cm³/mol. The number of carbonyl (C=O) groups is 2. The van der Waals surface area contributed by atoms with Crippen molar-refractivity contribution in [2.24, 2.45) is 0 Å². The van der Waals surface area contributed by atoms with E-state index < -0.39 is 6.04 Å². The number of hydrogen-bond donors (Lipinski definition) is 1. The van der Waals surface area contributed by atoms with Gasteiger partial charge in [0.25, 0.3) is 0 Å². The molecular weight excluding hydrogens is 368 g/mol. The zero-order chi connectivity index (χ0) is 20.6. The highest BCUT2D eigenvalue weighted by Crippen LogP contribution is 2.14. The second-order valence-corrected chi connectivity index (χ2v) is 6.84. The maximum absolute atomic E-state index is 12.7. The first-order chi connectivity index (χ1) is 14.1. The van der Waals surface area contributed by atoms with Gasteiger partial charge in [0, 0.05) is 38.5 Å². The van der Waals surface area contributed by atoms with E-state index in [-0.39, 0.29) is 11.8 Å². The third kappa shape index (κ3) is 5.57. The molecule has 1 N–H and O–H groups in total. The van der Waals surface area contributed by atoms with Crippen LogP contribution in [0.4, 0.5) is 5.82 Å². The summed E-state index contributed by atoms with van der Waals surface area (Å²) >= 11 is 0. The molecule has 0 spiro atoms. The Morgan fingerprint density at radius 3 is 2.45 bits per heavy atom. The first-order valence-electron chi connectivity index (χ1n) is 9.64. The summed E-state index contributed by atoms with van der Waals surface area (Å²) in [6, 6.07) is 12.6. The fourth-order valence-corrected chi connectivity index (χ4v) is 3.18. The van der Waals surface area contributed by atoms with E-state index in [9.17, 15) is 9.59 Å². The topological polar surface area (TPSA) is 74.8 Å². The number of benzene rings is 1. The molecule has 3 rings (SSSR count). The molecule has 1 aromatic carbocycles. The van der Waals surface area contributed by atoms with E-state index in [0.717, 1.165) is 30.2 Å². The van der Waals surface area contributed by atoms with Gasteiger partial charge in [-0.3, -0.25) is 9.59 Å². The maximum atomic E-state index is 12.7. The summed E-state index contributed by atoms with van der Waals surface area (Å²) in [4.78, 5) is 33.1. The number of nitrogens with one attached hydrogen (secondary N) is 1. The van der Waals surface area contributed by atoms with Crippen molar-refractivity contribution in [3.05, 3.63) is 60.3 Å². The highest BCUT2D eigenvalue weighted by molar-refractivity contribution is 5.95. The number of anilines is 1. The molecule has 1 atom stereocenters. The lowest BCUT2D eigenvalue weighted by molar-refractivity contribution is -0.135. The van der Waals surface area contributed by atoms with Crippen LogP contribution >= 0.6 is 0 Å². The van der Waals surface area contributed by atoms with Gasteiger partial charge < -0.3 is 19.9 Å². The van der Waals surface area contributed by atoms with Crippen LogP contribution in [0.3, 0.4) is 0 Å². The molecule has 1 unspecified atom stereocenters. The Balaban J connectivity index is 1.47. The second kappa shape index (κ2) is 9.73. The molecule has 7 heteroatoms. The van der Waals surface area contributed by atoms with Crippen molar-refractivity contribution in [3.63, 3.8) is 0 Å². The van der Waals surface area contributed by atoms with Crippen molar-refractivity contribution in [1.82, 2.24) is 15.2 Å². The fourth-order valence-electron chi connectivity index (χ4n) is 3.18. The van der Waals surface area contributed by atoms with E-state index in [1.54, 1.807) is 31.2 Å². The smallest absolute Gasteiger partial charge is 0.244 e. The minimum Gasteiger partial charge on any atom is -0.497 e. The van der Waals surface area contributed by atoms with E-state index in [1.807, 2.05) is 42.5 Å². The molecular formula is C22H26N4O3. The van der Waals surface area contributed by atoms with E-state index >= 15 is 0 Å². The number of carbonyl (C=O) groups excluding carboxylic acids is 2. The summed E-state index contributed by atoms with van der Waals surface area (Å²) in [6.07, 6.45) is 4.91. The molecule has 2 heterocycles. The zero-order valence-corrected chi connectivity index (χ0v) is 16.7. The Bertz CT molecular complexity index is 844. The largest absolute Gasteiger partial charge is 0.497 e. The van der Waals surface area contributed by atoms with Crippen LogP contribution in [-0.2, 0) is 9.59 Å². The lowest BCUT2D eigenvalue weighted by Crippen LogP contribution is -2.54. The quantitative estimate of drug-likeness (QED) is 0.758. The summed E-state index contributed by atoms with van der Waals surface area (Å²) in [7, 11) is 1.61. The van der Waals surface area contributed by atoms with Gasteiger partial charge in [-0.1, -0.05) is 18.2 Å². The first kappa shape index (κ1) is 20.4. The van der Waals surface area contributed by atoms with Gasteiger partial charge in [-0.2, -0.15) is 0 Å². The molecule has 2 aromatic rings. The summed E-state index contributed by atoms with van der Waals surface area (Å²) in [5.41, 5.74) is 0.880. The summed E-state index contributed by atoms with van der Waals surface area (Å²) in [5.74, 6) is 1.31. The molecule has 2 amide bonds. The van der Waals surface area contributed by atoms with Gasteiger partial charge in [0.1, 0.15) is 17.6 Å². The molecule has 29 heavy (non-hydrogen) atoms. The molecule has 0 radical (unpaired) electrons. The second-order valence-electron chi connectivity index (χ2n) is 6.84. The van der Waals surface area contributed by atoms with E-state index in [1.165, 1.54) is 6.08 Å². The summed E-state index contributed by atoms with van der Waals surface area (Å²) < 4.78 is 5.11. The Morgan fingerprint density at radius 2 is 1.83 bits per heavy atom. The van der Waals surface area contributed by atoms with Crippen LogP contribution in [0.15, 0.2) is 54.7 Å². The SMILES string of the molecule is COc1ccc(/C=C/C(=O)NC(C)C(=O)N2CCN(c3ccccn3)CC2)cc1. The number of pyridine rings is 1. The highest BCUT2D eigenvalue weighted by atomic mass is 16.5. The number of ether oxygens (including phenoxy) is 1. The monoisotopic (exact) mass is 394 g/mol. The molecule has 1 saturated heterocycles. The highest BCUT2D eigenvalue weighted by Gasteiger charge is 2.25. The van der Waals surface area contributed by atoms with Gasteiger partial charge in [-0.25, -0.2) is 4.98 Å². The van der Waals surface area contributed by atoms with Crippen molar-refractivity contribution in [1.29, 1.82) is 0 Å². The number of hydrogen-bond acceptors (Lipinski definition) is 5. The lowest BCUT2D eigenvalue weighted by atomic mass is 10.2. The third-order valence-electron chi connectivity index (χ3n) is 4.84. The fraction of sp³-hybridized carbons (Fsp3) is 0.318. The van der Waals surface area contributed by atoms with Gasteiger partial charge in [0.15, 0.2) is 0 Å². The standard InChI is InChI=1S/C22H26N4O3/c1-17(24-21(27)11-8-18-6-9-19(29-2)10-7-18)22(28)26-15-13-25(14-16-26)20-5-3-4-12-23-20/h3-12,17H,13-16H2,1-2H3,(H,24,27)/b11-8+. The predicted octanol–water partition coefficient (Wildman–Crippen LogP) is 1.96. The molecule has 1 fully saturated rings. The van der Waals surface area contributed by atoms with Crippen LogP contribution < -0.4 is 15.0 Å². The van der Waals surface area contributed by atoms with Crippen LogP contribution in [0.1, 0.15) is 12.5 Å². The van der Waals surface area contributed by atoms with E-state index in [2.05, 4.69) is 15.2 Å². The van der Waals surface area contributed by atoms with Crippen molar-refractivity contribution in [2.45, 2.75) is 13.0 Å². The molecule has 0 bridgehead atoms. The Hall–Kier alpha value is -3.35. The first-order valence-corrected chi connectivity index (χ1v) is 9.64. The van der Waals surface area contributed by atoms with Gasteiger partial charge in [-0.15, -0.1) is 0 Å². The van der Waals surface area contributed by atoms with E-state index in [4.69, 9.17) is 4.74 Å². The molecule has 152 valence electrons. The lowest BCUT2D eigenvalue weighted by Gasteiger charge is -2.36. The number of methoxy groups -OCH3 is 1. The summed E-state index contributed by atoms with van der Waals surface area (Å²) in [5, 5.41) is 2.75. The normalized spacial score (nSPS) is 15.2. The minimum absolute atomic E-state index is 0.0723. The molecule has 1 aliphatic rings. The molecule has 7 nitrogen and oxygen atoms in total. The van der Waals surface area contributed by atoms with Crippen LogP contribution in [0.25, 0.3) is 6.08 Å². The van der Waals surface area contributed by atoms with Crippen molar-refractivity contribution < 1.29 is 14.3 Å². The number of rotatable bonds is 6. The Kier molecular flexibility index (Phi) is 6.84. The van der Waals surface area contributed by atoms with Crippen molar-refractivity contribution in [3.8, 4) is 5.75 Å². The zero-order valence-electron chi connectivity index (χ0n) is 16.7. The minimum atomic E-state index is -0.579. The third-order valence-corrected chi connectivity index (χ3v) is 4.84. The van der Waals surface area contributed by atoms with Gasteiger partial charge in [0.05, 0.1) is 7.11 Å². The molecule has 0 saturated carbocycles. The van der Waals surface area contributed by atoms with Gasteiger partial charge in [0.2, 0.25) is 11.8 Å². The average molecular weight is 394 g/mol. The maximum Gasteiger partial charge on any atom is 0.244 e. The average Bonchev–Trinajstić information content (AvgIpc) is 2.78. The number of piperazine rings is 1. The Morgan fingerprint density at radius 1 is 1.10 bits per heavy atom. The molecule has 1 aromatic heterocycles. The van der Waals surface area contributed by atoms with Crippen LogP contribution in [-0.4, -0.2) is 61.0 Å². The van der Waals surface area contributed by atoms with Crippen LogP contribution in [0.2, 0.25) is 0 Å². The van der Waals surface area contributed by atoms with Crippen LogP contribution in [0.5, 0.6) is 5.75 Å². The summed E-state index contributed by atoms with van der Waals surface area (Å²) in [6.45, 7) is 4.38. The Labute approximate surface area is 171 Å². The molecule has 1 aliphatic heterocycles. The number of nitrogens with zero attached hydrogens (tertiary/aromatic N) is 3. The van der Waals surface area contributed by atoms with Crippen LogP contribution in [0, 0.1) is 0 Å². The van der Waals surface area contributed by atoms with Gasteiger partial charge in [-0.05, 0) is 42.8 Å². The van der Waals surface area contributed by atoms with Crippen molar-refractivity contribution in [2.75, 3.05) is 38.2 Å². The number of amides is 2.